The molecule has 0 aliphatic carbocycles. The normalized spacial score (nSPS) is 5.85. The highest BCUT2D eigenvalue weighted by atomic mass is 16.6. The molecule has 0 aromatic rings. The van der Waals surface area contributed by atoms with E-state index in [1.54, 1.807) is 0 Å². The highest BCUT2D eigenvalue weighted by Gasteiger charge is 1.73. The fourth-order valence-corrected chi connectivity index (χ4v) is 0. The predicted molar refractivity (Wildman–Crippen MR) is 43.4 cm³/mol. The lowest BCUT2D eigenvalue weighted by Crippen LogP contribution is -2.53. The Bertz CT molecular complexity index is 170. The first kappa shape index (κ1) is 17.1. The summed E-state index contributed by atoms with van der Waals surface area (Å²) in [6.07, 6.45) is 1.67. The van der Waals surface area contributed by atoms with E-state index in [-0.39, 0.29) is 5.34 Å². The molecule has 0 rings (SSSR count). The third kappa shape index (κ3) is 181. The first-order valence-corrected chi connectivity index (χ1v) is 2.66. The van der Waals surface area contributed by atoms with Crippen molar-refractivity contribution < 1.29 is 25.1 Å². The maximum Gasteiger partial charge on any atom is 0.327 e. The summed E-state index contributed by atoms with van der Waals surface area (Å²) in [7, 11) is 0. The highest BCUT2D eigenvalue weighted by molar-refractivity contribution is 5.79. The molecule has 0 aliphatic heterocycles. The van der Waals surface area contributed by atoms with Crippen molar-refractivity contribution in [2.45, 2.75) is 0 Å². The Morgan fingerprint density at radius 2 is 1.23 bits per heavy atom. The van der Waals surface area contributed by atoms with E-state index in [9.17, 15) is 9.59 Å². The van der Waals surface area contributed by atoms with E-state index in [2.05, 4.69) is 13.2 Å². The fraction of sp³-hybridized carbons (Fsp3) is 0. The van der Waals surface area contributed by atoms with Crippen LogP contribution >= 0.6 is 0 Å². The van der Waals surface area contributed by atoms with Crippen molar-refractivity contribution in [2.75, 3.05) is 0 Å². The maximum absolute atomic E-state index is 9.25. The van der Waals surface area contributed by atoms with Crippen LogP contribution in [-0.4, -0.2) is 22.2 Å². The molecule has 0 radical (unpaired) electrons. The van der Waals surface area contributed by atoms with Gasteiger partial charge in [-0.1, -0.05) is 13.2 Å². The van der Waals surface area contributed by atoms with Crippen LogP contribution in [0.2, 0.25) is 0 Å². The summed E-state index contributed by atoms with van der Waals surface area (Å²) in [5.41, 5.74) is 0. The van der Waals surface area contributed by atoms with Crippen LogP contribution in [0.25, 0.3) is 0 Å². The van der Waals surface area contributed by atoms with Crippen LogP contribution < -0.4 is 5.34 Å². The van der Waals surface area contributed by atoms with Gasteiger partial charge in [-0.2, -0.15) is 0 Å². The first-order valence-electron chi connectivity index (χ1n) is 2.66. The second-order valence-electron chi connectivity index (χ2n) is 1.17. The summed E-state index contributed by atoms with van der Waals surface area (Å²) < 4.78 is 0. The molecule has 13 heavy (non-hydrogen) atoms. The van der Waals surface area contributed by atoms with Crippen molar-refractivity contribution in [3.63, 3.8) is 0 Å². The van der Waals surface area contributed by atoms with Crippen molar-refractivity contribution >= 4 is 11.9 Å². The van der Waals surface area contributed by atoms with Gasteiger partial charge in [-0.05, 0) is 0 Å². The van der Waals surface area contributed by atoms with E-state index in [4.69, 9.17) is 20.3 Å². The predicted octanol–water partition coefficient (Wildman–Crippen LogP) is -1.15. The average molecular weight is 191 g/mol. The zero-order chi connectivity index (χ0) is 11.3. The van der Waals surface area contributed by atoms with Gasteiger partial charge in [-0.3, -0.25) is 10.1 Å². The summed E-state index contributed by atoms with van der Waals surface area (Å²) in [6.45, 7) is 5.92. The van der Waals surface area contributed by atoms with Crippen LogP contribution in [-0.2, 0) is 9.59 Å². The smallest absolute Gasteiger partial charge is 0.327 e. The molecule has 0 amide bonds. The summed E-state index contributed by atoms with van der Waals surface area (Å²) in [6, 6.07) is 0. The number of carbonyl (C=O) groups is 2. The van der Waals surface area contributed by atoms with E-state index >= 15 is 0 Å². The summed E-state index contributed by atoms with van der Waals surface area (Å²) >= 11 is 0. The van der Waals surface area contributed by atoms with Crippen LogP contribution in [0.3, 0.4) is 0 Å². The minimum Gasteiger partial charge on any atom is -0.478 e. The molecule has 0 aromatic carbocycles. The van der Waals surface area contributed by atoms with Gasteiger partial charge in [-0.15, -0.1) is 0 Å². The van der Waals surface area contributed by atoms with Gasteiger partial charge in [0.2, 0.25) is 0 Å². The van der Waals surface area contributed by atoms with Gasteiger partial charge in [0.1, 0.15) is 0 Å². The molecule has 7 heteroatoms. The monoisotopic (exact) mass is 191 g/mol. The molecule has 7 nitrogen and oxygen atoms in total. The standard InChI is InChI=1S/2C3H4O2.HNO2/c2*1-2-3(4)5;2-1-3/h2*2H,1H2,(H,4,5);1H. The van der Waals surface area contributed by atoms with Gasteiger partial charge in [0, 0.05) is 17.5 Å². The number of hydrogen-bond acceptors (Lipinski definition) is 4. The third-order valence-electron chi connectivity index (χ3n) is 0.349. The zero-order valence-corrected chi connectivity index (χ0v) is 6.60. The Kier molecular flexibility index (Phi) is 21.6. The Morgan fingerprint density at radius 3 is 1.23 bits per heavy atom. The van der Waals surface area contributed by atoms with Gasteiger partial charge in [0.05, 0.1) is 0 Å². The quantitative estimate of drug-likeness (QED) is 0.287. The minimum atomic E-state index is -0.981. The lowest BCUT2D eigenvalue weighted by Gasteiger charge is -1.64. The van der Waals surface area contributed by atoms with Crippen molar-refractivity contribution in [3.8, 4) is 0 Å². The molecular weight excluding hydrogens is 182 g/mol. The maximum atomic E-state index is 9.25. The Balaban J connectivity index is -0.000000120. The first-order chi connectivity index (χ1) is 5.95. The Morgan fingerprint density at radius 1 is 1.15 bits per heavy atom. The van der Waals surface area contributed by atoms with Gasteiger partial charge in [0.15, 0.2) is 0 Å². The lowest BCUT2D eigenvalue weighted by atomic mass is 10.7. The number of rotatable bonds is 2. The number of carboxylic acid groups (broad SMARTS) is 2. The lowest BCUT2D eigenvalue weighted by molar-refractivity contribution is -0.398. The number of hydrogen-bond donors (Lipinski definition) is 3. The number of carboxylic acids is 2. The molecule has 0 aromatic heterocycles. The topological polar surface area (TPSA) is 129 Å². The van der Waals surface area contributed by atoms with Crippen LogP contribution in [0.5, 0.6) is 0 Å². The van der Waals surface area contributed by atoms with E-state index in [0.717, 1.165) is 12.2 Å². The van der Waals surface area contributed by atoms with Gasteiger partial charge < -0.3 is 10.2 Å². The van der Waals surface area contributed by atoms with Crippen molar-refractivity contribution in [3.05, 3.63) is 35.4 Å². The molecule has 0 aliphatic rings. The number of nitrogens with one attached hydrogen (secondary N) is 1. The molecule has 74 valence electrons. The molecule has 0 spiro atoms. The highest BCUT2D eigenvalue weighted by Crippen LogP contribution is 1.55. The van der Waals surface area contributed by atoms with Crippen molar-refractivity contribution in [2.24, 2.45) is 0 Å². The number of aliphatic carboxylic acids is 2. The molecule has 0 atom stereocenters. The van der Waals surface area contributed by atoms with Crippen molar-refractivity contribution in [1.29, 1.82) is 0 Å². The molecule has 0 saturated heterocycles. The minimum absolute atomic E-state index is 0.250. The van der Waals surface area contributed by atoms with Crippen LogP contribution in [0.4, 0.5) is 0 Å². The molecule has 0 saturated carbocycles. The molecule has 0 unspecified atom stereocenters. The Labute approximate surface area is 73.6 Å². The largest absolute Gasteiger partial charge is 0.478 e. The Hall–Kier alpha value is -2.18. The van der Waals surface area contributed by atoms with Crippen LogP contribution in [0.15, 0.2) is 25.3 Å². The summed E-state index contributed by atoms with van der Waals surface area (Å²) in [4.78, 5) is 26.6. The molecule has 0 bridgehead atoms. The summed E-state index contributed by atoms with van der Waals surface area (Å²) in [5, 5.41) is 23.6. The van der Waals surface area contributed by atoms with E-state index < -0.39 is 11.9 Å². The van der Waals surface area contributed by atoms with E-state index in [0.29, 0.717) is 0 Å². The average Bonchev–Trinajstić information content (AvgIpc) is 2.07. The summed E-state index contributed by atoms with van der Waals surface area (Å²) in [5.74, 6) is -1.96. The molecular formula is C6H9NO6. The van der Waals surface area contributed by atoms with Crippen LogP contribution in [0.1, 0.15) is 0 Å². The SMILES string of the molecule is C=CC(=O)O.C=CC(=O)O.O=[NH+][O-]. The second-order valence-corrected chi connectivity index (χ2v) is 1.17. The van der Waals surface area contributed by atoms with Crippen molar-refractivity contribution in [1.82, 2.24) is 0 Å². The fourth-order valence-electron chi connectivity index (χ4n) is 0. The van der Waals surface area contributed by atoms with E-state index in [1.165, 1.54) is 0 Å². The molecule has 0 fully saturated rings. The van der Waals surface area contributed by atoms with E-state index in [1.807, 2.05) is 0 Å². The second kappa shape index (κ2) is 16.4. The zero-order valence-electron chi connectivity index (χ0n) is 6.60. The molecule has 0 heterocycles. The molecule has 3 N–H and O–H groups in total. The van der Waals surface area contributed by atoms with Gasteiger partial charge >= 0.3 is 11.9 Å². The van der Waals surface area contributed by atoms with Gasteiger partial charge in [-0.25, -0.2) is 9.59 Å². The third-order valence-corrected chi connectivity index (χ3v) is 0.349. The van der Waals surface area contributed by atoms with Gasteiger partial charge in [0.25, 0.3) is 0 Å². The van der Waals surface area contributed by atoms with Crippen LogP contribution in [0, 0.1) is 10.1 Å².